The molecule has 1 saturated heterocycles. The number of hydrogen-bond donors (Lipinski definition) is 0. The third kappa shape index (κ3) is 3.28. The van der Waals surface area contributed by atoms with Crippen LogP contribution in [0.5, 0.6) is 0 Å². The van der Waals surface area contributed by atoms with Gasteiger partial charge in [0.05, 0.1) is 0 Å². The minimum atomic E-state index is -0.221. The van der Waals surface area contributed by atoms with Crippen molar-refractivity contribution in [3.63, 3.8) is 0 Å². The maximum absolute atomic E-state index is 13.1. The molecule has 2 heterocycles. The predicted molar refractivity (Wildman–Crippen MR) is 86.7 cm³/mol. The van der Waals surface area contributed by atoms with Crippen molar-refractivity contribution >= 4 is 5.91 Å². The Kier molecular flexibility index (Phi) is 4.46. The minimum absolute atomic E-state index is 0.209. The van der Waals surface area contributed by atoms with Crippen LogP contribution in [-0.4, -0.2) is 33.4 Å². The highest BCUT2D eigenvalue weighted by Crippen LogP contribution is 2.28. The first-order valence-corrected chi connectivity index (χ1v) is 8.12. The lowest BCUT2D eigenvalue weighted by molar-refractivity contribution is -0.129. The van der Waals surface area contributed by atoms with Crippen molar-refractivity contribution in [2.75, 3.05) is 13.1 Å². The van der Waals surface area contributed by atoms with Crippen molar-refractivity contribution in [3.05, 3.63) is 53.4 Å². The molecule has 1 aromatic carbocycles. The summed E-state index contributed by atoms with van der Waals surface area (Å²) in [6, 6.07) is 6.58. The van der Waals surface area contributed by atoms with Gasteiger partial charge in [-0.2, -0.15) is 0 Å². The van der Waals surface area contributed by atoms with Gasteiger partial charge < -0.3 is 9.47 Å². The first-order chi connectivity index (χ1) is 11.1. The van der Waals surface area contributed by atoms with Gasteiger partial charge >= 0.3 is 0 Å². The summed E-state index contributed by atoms with van der Waals surface area (Å²) in [4.78, 5) is 18.4. The third-order valence-corrected chi connectivity index (χ3v) is 4.55. The number of hydrogen-bond acceptors (Lipinski definition) is 2. The molecular weight excluding hydrogens is 293 g/mol. The molecule has 1 amide bonds. The van der Waals surface area contributed by atoms with Crippen molar-refractivity contribution in [2.45, 2.75) is 39.2 Å². The molecule has 5 heteroatoms. The second kappa shape index (κ2) is 6.52. The molecule has 1 aliphatic heterocycles. The fourth-order valence-corrected chi connectivity index (χ4v) is 3.20. The first kappa shape index (κ1) is 15.7. The van der Waals surface area contributed by atoms with Crippen LogP contribution in [0.2, 0.25) is 0 Å². The second-order valence-corrected chi connectivity index (χ2v) is 6.15. The molecule has 23 heavy (non-hydrogen) atoms. The van der Waals surface area contributed by atoms with E-state index in [0.717, 1.165) is 36.6 Å². The molecule has 1 atom stereocenters. The molecule has 1 unspecified atom stereocenters. The van der Waals surface area contributed by atoms with Gasteiger partial charge in [0, 0.05) is 43.9 Å². The highest BCUT2D eigenvalue weighted by atomic mass is 19.1. The van der Waals surface area contributed by atoms with Crippen molar-refractivity contribution in [2.24, 2.45) is 0 Å². The minimum Gasteiger partial charge on any atom is -0.342 e. The van der Waals surface area contributed by atoms with Crippen LogP contribution in [0, 0.1) is 12.7 Å². The lowest BCUT2D eigenvalue weighted by atomic mass is 10.1. The van der Waals surface area contributed by atoms with Gasteiger partial charge in [0.1, 0.15) is 11.6 Å². The SMILES string of the molecule is CCC(=O)N1CCC(c2ncc(C)n2Cc2ccc(F)cc2)C1. The van der Waals surface area contributed by atoms with E-state index >= 15 is 0 Å². The molecule has 1 fully saturated rings. The highest BCUT2D eigenvalue weighted by molar-refractivity contribution is 5.76. The molecule has 0 radical (unpaired) electrons. The Balaban J connectivity index is 1.79. The summed E-state index contributed by atoms with van der Waals surface area (Å²) in [6.45, 7) is 6.16. The summed E-state index contributed by atoms with van der Waals surface area (Å²) >= 11 is 0. The standard InChI is InChI=1S/C18H22FN3O/c1-3-17(23)21-9-8-15(12-21)18-20-10-13(2)22(18)11-14-4-6-16(19)7-5-14/h4-7,10,15H,3,8-9,11-12H2,1-2H3. The average molecular weight is 315 g/mol. The maximum atomic E-state index is 13.1. The number of carbonyl (C=O) groups excluding carboxylic acids is 1. The van der Waals surface area contributed by atoms with Gasteiger partial charge in [-0.05, 0) is 31.0 Å². The molecular formula is C18H22FN3O. The summed E-state index contributed by atoms with van der Waals surface area (Å²) in [5.74, 6) is 1.29. The number of likely N-dealkylation sites (tertiary alicyclic amines) is 1. The van der Waals surface area contributed by atoms with Gasteiger partial charge in [-0.15, -0.1) is 0 Å². The number of amides is 1. The Hall–Kier alpha value is -2.17. The Morgan fingerprint density at radius 1 is 1.35 bits per heavy atom. The maximum Gasteiger partial charge on any atom is 0.222 e. The lowest BCUT2D eigenvalue weighted by Gasteiger charge is -2.17. The Morgan fingerprint density at radius 2 is 2.09 bits per heavy atom. The summed E-state index contributed by atoms with van der Waals surface area (Å²) in [7, 11) is 0. The van der Waals surface area contributed by atoms with Gasteiger partial charge in [-0.1, -0.05) is 19.1 Å². The summed E-state index contributed by atoms with van der Waals surface area (Å²) in [5.41, 5.74) is 2.14. The molecule has 4 nitrogen and oxygen atoms in total. The first-order valence-electron chi connectivity index (χ1n) is 8.12. The number of benzene rings is 1. The van der Waals surface area contributed by atoms with E-state index in [1.54, 1.807) is 12.1 Å². The van der Waals surface area contributed by atoms with Crippen LogP contribution in [0.15, 0.2) is 30.5 Å². The molecule has 3 rings (SSSR count). The van der Waals surface area contributed by atoms with Crippen LogP contribution in [-0.2, 0) is 11.3 Å². The van der Waals surface area contributed by atoms with Gasteiger partial charge in [0.25, 0.3) is 0 Å². The summed E-state index contributed by atoms with van der Waals surface area (Å²) < 4.78 is 15.2. The van der Waals surface area contributed by atoms with Crippen molar-refractivity contribution in [3.8, 4) is 0 Å². The normalized spacial score (nSPS) is 17.7. The molecule has 1 aromatic heterocycles. The Labute approximate surface area is 135 Å². The van der Waals surface area contributed by atoms with Crippen LogP contribution < -0.4 is 0 Å². The van der Waals surface area contributed by atoms with E-state index in [0.29, 0.717) is 13.0 Å². The molecule has 122 valence electrons. The second-order valence-electron chi connectivity index (χ2n) is 6.15. The predicted octanol–water partition coefficient (Wildman–Crippen LogP) is 3.10. The number of halogens is 1. The molecule has 0 aliphatic carbocycles. The number of aromatic nitrogens is 2. The van der Waals surface area contributed by atoms with Gasteiger partial charge in [-0.3, -0.25) is 4.79 Å². The zero-order valence-electron chi connectivity index (χ0n) is 13.6. The number of rotatable bonds is 4. The zero-order valence-corrected chi connectivity index (χ0v) is 13.6. The van der Waals surface area contributed by atoms with E-state index in [2.05, 4.69) is 9.55 Å². The number of imidazole rings is 1. The van der Waals surface area contributed by atoms with Crippen LogP contribution in [0.1, 0.15) is 42.8 Å². The van der Waals surface area contributed by atoms with Gasteiger partial charge in [-0.25, -0.2) is 9.37 Å². The van der Waals surface area contributed by atoms with E-state index in [1.165, 1.54) is 12.1 Å². The fraction of sp³-hybridized carbons (Fsp3) is 0.444. The zero-order chi connectivity index (χ0) is 16.4. The van der Waals surface area contributed by atoms with Crippen molar-refractivity contribution in [1.29, 1.82) is 0 Å². The number of nitrogens with zero attached hydrogens (tertiary/aromatic N) is 3. The molecule has 1 aliphatic rings. The van der Waals surface area contributed by atoms with Crippen LogP contribution in [0.3, 0.4) is 0 Å². The topological polar surface area (TPSA) is 38.1 Å². The highest BCUT2D eigenvalue weighted by Gasteiger charge is 2.29. The number of aryl methyl sites for hydroxylation is 1. The quantitative estimate of drug-likeness (QED) is 0.869. The number of carbonyl (C=O) groups is 1. The van der Waals surface area contributed by atoms with Crippen molar-refractivity contribution in [1.82, 2.24) is 14.5 Å². The largest absolute Gasteiger partial charge is 0.342 e. The van der Waals surface area contributed by atoms with Crippen LogP contribution in [0.25, 0.3) is 0 Å². The Morgan fingerprint density at radius 3 is 2.78 bits per heavy atom. The van der Waals surface area contributed by atoms with E-state index in [1.807, 2.05) is 24.9 Å². The van der Waals surface area contributed by atoms with E-state index in [-0.39, 0.29) is 17.6 Å². The van der Waals surface area contributed by atoms with Gasteiger partial charge in [0.2, 0.25) is 5.91 Å². The molecule has 0 bridgehead atoms. The summed E-state index contributed by atoms with van der Waals surface area (Å²) in [5, 5.41) is 0. The van der Waals surface area contributed by atoms with E-state index in [4.69, 9.17) is 0 Å². The summed E-state index contributed by atoms with van der Waals surface area (Å²) in [6.07, 6.45) is 3.38. The fourth-order valence-electron chi connectivity index (χ4n) is 3.20. The van der Waals surface area contributed by atoms with E-state index < -0.39 is 0 Å². The Bertz CT molecular complexity index is 693. The van der Waals surface area contributed by atoms with Crippen LogP contribution in [0.4, 0.5) is 4.39 Å². The van der Waals surface area contributed by atoms with Crippen LogP contribution >= 0.6 is 0 Å². The van der Waals surface area contributed by atoms with E-state index in [9.17, 15) is 9.18 Å². The third-order valence-electron chi connectivity index (χ3n) is 4.55. The molecule has 2 aromatic rings. The average Bonchev–Trinajstić information content (AvgIpc) is 3.16. The molecule has 0 saturated carbocycles. The molecule has 0 spiro atoms. The smallest absolute Gasteiger partial charge is 0.222 e. The monoisotopic (exact) mass is 315 g/mol. The van der Waals surface area contributed by atoms with Crippen molar-refractivity contribution < 1.29 is 9.18 Å². The lowest BCUT2D eigenvalue weighted by Crippen LogP contribution is -2.27. The van der Waals surface area contributed by atoms with Gasteiger partial charge in [0.15, 0.2) is 0 Å². The molecule has 0 N–H and O–H groups in total.